The van der Waals surface area contributed by atoms with Gasteiger partial charge in [-0.1, -0.05) is 24.3 Å². The molecule has 5 nitrogen and oxygen atoms in total. The van der Waals surface area contributed by atoms with Crippen LogP contribution in [0.3, 0.4) is 0 Å². The van der Waals surface area contributed by atoms with Gasteiger partial charge in [-0.15, -0.1) is 0 Å². The Kier molecular flexibility index (Phi) is 6.97. The number of carbonyl (C=O) groups excluding carboxylic acids is 2. The number of aromatic nitrogens is 1. The van der Waals surface area contributed by atoms with Crippen molar-refractivity contribution in [2.24, 2.45) is 0 Å². The average molecular weight is 458 g/mol. The second-order valence-corrected chi connectivity index (χ2v) is 8.13. The maximum absolute atomic E-state index is 13.0. The molecule has 0 N–H and O–H groups in total. The molecule has 34 heavy (non-hydrogen) atoms. The first-order chi connectivity index (χ1) is 16.4. The summed E-state index contributed by atoms with van der Waals surface area (Å²) in [6, 6.07) is 18.7. The Balaban J connectivity index is 1.49. The maximum atomic E-state index is 13.0. The van der Waals surface area contributed by atoms with E-state index in [2.05, 4.69) is 4.98 Å². The summed E-state index contributed by atoms with van der Waals surface area (Å²) in [5.41, 5.74) is 3.13. The summed E-state index contributed by atoms with van der Waals surface area (Å²) in [5.74, 6) is 1.61. The molecule has 0 radical (unpaired) electrons. The minimum Gasteiger partial charge on any atom is -0.496 e. The van der Waals surface area contributed by atoms with Crippen LogP contribution in [0.15, 0.2) is 72.9 Å². The van der Waals surface area contributed by atoms with Crippen LogP contribution in [-0.4, -0.2) is 23.7 Å². The van der Waals surface area contributed by atoms with Crippen LogP contribution in [0.5, 0.6) is 17.2 Å². The lowest BCUT2D eigenvalue weighted by Crippen LogP contribution is -2.06. The molecule has 0 spiro atoms. The van der Waals surface area contributed by atoms with Crippen molar-refractivity contribution in [3.63, 3.8) is 0 Å². The van der Waals surface area contributed by atoms with Gasteiger partial charge in [0.2, 0.25) is 0 Å². The molecular weight excluding hydrogens is 433 g/mol. The molecule has 0 bridgehead atoms. The second-order valence-electron chi connectivity index (χ2n) is 8.13. The van der Waals surface area contributed by atoms with Crippen molar-refractivity contribution in [2.45, 2.75) is 26.2 Å². The molecule has 0 saturated carbocycles. The Bertz CT molecular complexity index is 1330. The van der Waals surface area contributed by atoms with E-state index in [1.165, 1.54) is 19.1 Å². The number of pyridine rings is 1. The van der Waals surface area contributed by atoms with Gasteiger partial charge in [-0.25, -0.2) is 4.39 Å². The summed E-state index contributed by atoms with van der Waals surface area (Å²) in [5, 5.41) is 0.776. The first-order valence-corrected chi connectivity index (χ1v) is 10.9. The molecule has 172 valence electrons. The lowest BCUT2D eigenvalue weighted by molar-refractivity contribution is -0.118. The van der Waals surface area contributed by atoms with Gasteiger partial charge in [0, 0.05) is 42.5 Å². The minimum atomic E-state index is -0.317. The first kappa shape index (κ1) is 23.1. The van der Waals surface area contributed by atoms with Crippen molar-refractivity contribution >= 4 is 22.5 Å². The summed E-state index contributed by atoms with van der Waals surface area (Å²) in [6.45, 7) is 1.54. The van der Waals surface area contributed by atoms with Crippen molar-refractivity contribution < 1.29 is 23.5 Å². The largest absolute Gasteiger partial charge is 0.496 e. The quantitative estimate of drug-likeness (QED) is 0.324. The van der Waals surface area contributed by atoms with Gasteiger partial charge in [-0.3, -0.25) is 14.6 Å². The van der Waals surface area contributed by atoms with E-state index < -0.39 is 0 Å². The van der Waals surface area contributed by atoms with Crippen molar-refractivity contribution in [1.29, 1.82) is 0 Å². The fourth-order valence-electron chi connectivity index (χ4n) is 3.80. The fraction of sp³-hybridized carbons (Fsp3) is 0.179. The zero-order valence-electron chi connectivity index (χ0n) is 19.0. The van der Waals surface area contributed by atoms with E-state index in [1.807, 2.05) is 30.3 Å². The number of nitrogens with zero attached hydrogens (tertiary/aromatic N) is 1. The predicted molar refractivity (Wildman–Crippen MR) is 128 cm³/mol. The molecular formula is C28H24FNO4. The number of rotatable bonds is 9. The molecule has 3 aromatic carbocycles. The zero-order valence-corrected chi connectivity index (χ0v) is 19.0. The molecule has 1 heterocycles. The number of Topliss-reactive ketones (excluding diaryl/α,β-unsaturated/α-hetero) is 2. The average Bonchev–Trinajstić information content (AvgIpc) is 2.81. The van der Waals surface area contributed by atoms with Gasteiger partial charge in [0.05, 0.1) is 12.6 Å². The Morgan fingerprint density at radius 1 is 0.853 bits per heavy atom. The highest BCUT2D eigenvalue weighted by Crippen LogP contribution is 2.33. The molecule has 0 aliphatic carbocycles. The molecule has 0 aliphatic rings. The van der Waals surface area contributed by atoms with Crippen molar-refractivity contribution in [3.8, 4) is 17.2 Å². The van der Waals surface area contributed by atoms with E-state index in [4.69, 9.17) is 9.47 Å². The third kappa shape index (κ3) is 5.64. The van der Waals surface area contributed by atoms with Crippen LogP contribution < -0.4 is 9.47 Å². The third-order valence-electron chi connectivity index (χ3n) is 5.41. The lowest BCUT2D eigenvalue weighted by atomic mass is 10.0. The molecule has 6 heteroatoms. The Morgan fingerprint density at radius 3 is 2.12 bits per heavy atom. The summed E-state index contributed by atoms with van der Waals surface area (Å²) in [7, 11) is 1.57. The third-order valence-corrected chi connectivity index (χ3v) is 5.41. The van der Waals surface area contributed by atoms with Crippen LogP contribution in [0.4, 0.5) is 4.39 Å². The van der Waals surface area contributed by atoms with E-state index in [0.29, 0.717) is 22.8 Å². The van der Waals surface area contributed by atoms with Crippen molar-refractivity contribution in [3.05, 3.63) is 95.4 Å². The van der Waals surface area contributed by atoms with Crippen LogP contribution in [0.1, 0.15) is 23.6 Å². The topological polar surface area (TPSA) is 65.5 Å². The van der Waals surface area contributed by atoms with Gasteiger partial charge < -0.3 is 9.47 Å². The summed E-state index contributed by atoms with van der Waals surface area (Å²) < 4.78 is 24.6. The van der Waals surface area contributed by atoms with Gasteiger partial charge in [0.15, 0.2) is 0 Å². The summed E-state index contributed by atoms with van der Waals surface area (Å²) in [6.07, 6.45) is 2.45. The monoisotopic (exact) mass is 457 g/mol. The molecule has 4 aromatic rings. The van der Waals surface area contributed by atoms with Gasteiger partial charge in [-0.2, -0.15) is 0 Å². The summed E-state index contributed by atoms with van der Waals surface area (Å²) >= 11 is 0. The van der Waals surface area contributed by atoms with Crippen molar-refractivity contribution in [2.75, 3.05) is 7.11 Å². The van der Waals surface area contributed by atoms with Crippen LogP contribution in [0, 0.1) is 5.82 Å². The highest BCUT2D eigenvalue weighted by molar-refractivity contribution is 5.89. The van der Waals surface area contributed by atoms with Crippen LogP contribution >= 0.6 is 0 Å². The normalized spacial score (nSPS) is 10.8. The molecule has 0 atom stereocenters. The predicted octanol–water partition coefficient (Wildman–Crippen LogP) is 5.66. The Hall–Kier alpha value is -4.06. The van der Waals surface area contributed by atoms with Crippen LogP contribution in [0.25, 0.3) is 10.9 Å². The number of ketones is 2. The van der Waals surface area contributed by atoms with Crippen molar-refractivity contribution in [1.82, 2.24) is 4.98 Å². The van der Waals surface area contributed by atoms with Gasteiger partial charge >= 0.3 is 0 Å². The summed E-state index contributed by atoms with van der Waals surface area (Å²) in [4.78, 5) is 28.5. The molecule has 0 fully saturated rings. The minimum absolute atomic E-state index is 0.0357. The molecule has 4 rings (SSSR count). The smallest absolute Gasteiger partial charge is 0.141 e. The molecule has 1 aromatic heterocycles. The Morgan fingerprint density at radius 2 is 1.50 bits per heavy atom. The molecule has 0 saturated heterocycles. The van der Waals surface area contributed by atoms with E-state index in [0.717, 1.165) is 22.1 Å². The van der Waals surface area contributed by atoms with Gasteiger partial charge in [0.25, 0.3) is 0 Å². The second kappa shape index (κ2) is 10.3. The Labute approximate surface area is 197 Å². The standard InChI is InChI=1S/C28H24FNO4/c1-18(31)13-21-16-25-26(17-28(21)33-2)30-12-11-27(25)34-24-9-5-20(6-10-24)15-23(32)14-19-3-7-22(29)8-4-19/h3-12,16-17H,13-15H2,1-2H3. The number of ether oxygens (including phenoxy) is 2. The van der Waals surface area contributed by atoms with Gasteiger partial charge in [0.1, 0.15) is 34.6 Å². The number of hydrogen-bond donors (Lipinski definition) is 0. The number of hydrogen-bond acceptors (Lipinski definition) is 5. The molecule has 0 unspecified atom stereocenters. The fourth-order valence-corrected chi connectivity index (χ4v) is 3.80. The maximum Gasteiger partial charge on any atom is 0.141 e. The highest BCUT2D eigenvalue weighted by Gasteiger charge is 2.13. The molecule has 0 aliphatic heterocycles. The zero-order chi connectivity index (χ0) is 24.1. The van der Waals surface area contributed by atoms with Gasteiger partial charge in [-0.05, 0) is 54.4 Å². The highest BCUT2D eigenvalue weighted by atomic mass is 19.1. The van der Waals surface area contributed by atoms with E-state index >= 15 is 0 Å². The lowest BCUT2D eigenvalue weighted by Gasteiger charge is -2.13. The van der Waals surface area contributed by atoms with E-state index in [-0.39, 0.29) is 36.6 Å². The number of fused-ring (bicyclic) bond motifs is 1. The van der Waals surface area contributed by atoms with E-state index in [9.17, 15) is 14.0 Å². The van der Waals surface area contributed by atoms with E-state index in [1.54, 1.807) is 37.6 Å². The first-order valence-electron chi connectivity index (χ1n) is 10.9. The number of benzene rings is 3. The number of carbonyl (C=O) groups is 2. The van der Waals surface area contributed by atoms with Crippen LogP contribution in [0.2, 0.25) is 0 Å². The van der Waals surface area contributed by atoms with Crippen LogP contribution in [-0.2, 0) is 28.9 Å². The SMILES string of the molecule is COc1cc2nccc(Oc3ccc(CC(=O)Cc4ccc(F)cc4)cc3)c2cc1CC(C)=O. The molecule has 0 amide bonds. The number of halogens is 1. The number of methoxy groups -OCH3 is 1.